The van der Waals surface area contributed by atoms with Crippen molar-refractivity contribution in [2.45, 2.75) is 95.9 Å². The molecule has 0 radical (unpaired) electrons. The number of hydrogen-bond donors (Lipinski definition) is 0. The van der Waals surface area contributed by atoms with Gasteiger partial charge in [-0.1, -0.05) is 26.7 Å². The standard InChI is InChI=1S/C25H38O4/c1-3-17-8-18(4-2)22-21(17)20-9-19(23(22)29-20)24(26)27-13-28-25-10-14-5-15(11-25)7-16(6-14)12-25/h14-23H,3-13H2,1-2H3. The van der Waals surface area contributed by atoms with Gasteiger partial charge in [-0.3, -0.25) is 4.79 Å². The van der Waals surface area contributed by atoms with Crippen LogP contribution in [0.2, 0.25) is 0 Å². The van der Waals surface area contributed by atoms with Crippen molar-refractivity contribution in [1.29, 1.82) is 0 Å². The van der Waals surface area contributed by atoms with Gasteiger partial charge in [-0.2, -0.15) is 0 Å². The lowest BCUT2D eigenvalue weighted by Crippen LogP contribution is -2.52. The summed E-state index contributed by atoms with van der Waals surface area (Å²) in [7, 11) is 0. The molecule has 6 bridgehead atoms. The van der Waals surface area contributed by atoms with Crippen molar-refractivity contribution in [3.63, 3.8) is 0 Å². The normalized spacial score (nSPS) is 54.1. The van der Waals surface area contributed by atoms with Crippen LogP contribution in [0.5, 0.6) is 0 Å². The number of rotatable bonds is 6. The van der Waals surface area contributed by atoms with Crippen molar-refractivity contribution in [2.75, 3.05) is 6.79 Å². The van der Waals surface area contributed by atoms with E-state index in [4.69, 9.17) is 14.2 Å². The second-order valence-electron chi connectivity index (χ2n) is 11.5. The highest BCUT2D eigenvalue weighted by molar-refractivity contribution is 5.74. The molecule has 0 aromatic rings. The van der Waals surface area contributed by atoms with Crippen LogP contribution in [0.3, 0.4) is 0 Å². The number of hydrogen-bond acceptors (Lipinski definition) is 4. The second-order valence-corrected chi connectivity index (χ2v) is 11.5. The molecule has 0 aromatic carbocycles. The maximum Gasteiger partial charge on any atom is 0.313 e. The molecule has 7 atom stereocenters. The van der Waals surface area contributed by atoms with E-state index in [2.05, 4.69) is 13.8 Å². The Kier molecular flexibility index (Phi) is 4.58. The third-order valence-electron chi connectivity index (χ3n) is 10.1. The first-order valence-corrected chi connectivity index (χ1v) is 12.5. The Morgan fingerprint density at radius 3 is 2.14 bits per heavy atom. The van der Waals surface area contributed by atoms with Crippen LogP contribution in [-0.2, 0) is 19.0 Å². The van der Waals surface area contributed by atoms with Gasteiger partial charge in [0, 0.05) is 0 Å². The van der Waals surface area contributed by atoms with Gasteiger partial charge in [0.2, 0.25) is 0 Å². The highest BCUT2D eigenvalue weighted by Crippen LogP contribution is 2.60. The zero-order valence-electron chi connectivity index (χ0n) is 18.2. The Balaban J connectivity index is 1.07. The number of fused-ring (bicyclic) bond motifs is 5. The van der Waals surface area contributed by atoms with Crippen molar-refractivity contribution >= 4 is 5.97 Å². The van der Waals surface area contributed by atoms with Crippen molar-refractivity contribution in [1.82, 2.24) is 0 Å². The van der Waals surface area contributed by atoms with E-state index in [9.17, 15) is 4.79 Å². The fraction of sp³-hybridized carbons (Fsp3) is 0.960. The summed E-state index contributed by atoms with van der Waals surface area (Å²) in [5, 5.41) is 0. The average molecular weight is 403 g/mol. The fourth-order valence-electron chi connectivity index (χ4n) is 9.35. The summed E-state index contributed by atoms with van der Waals surface area (Å²) in [5.74, 6) is 5.21. The predicted octanol–water partition coefficient (Wildman–Crippen LogP) is 4.95. The first kappa shape index (κ1) is 19.1. The van der Waals surface area contributed by atoms with E-state index in [-0.39, 0.29) is 36.5 Å². The molecule has 7 rings (SSSR count). The Bertz CT molecular complexity index is 624. The van der Waals surface area contributed by atoms with Crippen LogP contribution in [0.15, 0.2) is 0 Å². The maximum atomic E-state index is 13.0. The van der Waals surface area contributed by atoms with Crippen LogP contribution in [0.25, 0.3) is 0 Å². The molecule has 162 valence electrons. The molecular formula is C25H38O4. The molecule has 0 spiro atoms. The summed E-state index contributed by atoms with van der Waals surface area (Å²) in [6.07, 6.45) is 12.8. The largest absolute Gasteiger partial charge is 0.438 e. The molecule has 5 saturated carbocycles. The molecule has 0 N–H and O–H groups in total. The van der Waals surface area contributed by atoms with Crippen LogP contribution in [0.1, 0.15) is 78.1 Å². The molecule has 4 nitrogen and oxygen atoms in total. The van der Waals surface area contributed by atoms with Crippen LogP contribution < -0.4 is 0 Å². The van der Waals surface area contributed by atoms with Gasteiger partial charge >= 0.3 is 5.97 Å². The minimum absolute atomic E-state index is 0.0123. The monoisotopic (exact) mass is 402 g/mol. The van der Waals surface area contributed by atoms with E-state index >= 15 is 0 Å². The van der Waals surface area contributed by atoms with E-state index in [1.54, 1.807) is 0 Å². The van der Waals surface area contributed by atoms with Gasteiger partial charge in [0.1, 0.15) is 0 Å². The molecule has 2 saturated heterocycles. The van der Waals surface area contributed by atoms with Crippen LogP contribution in [0, 0.1) is 47.3 Å². The summed E-state index contributed by atoms with van der Waals surface area (Å²) in [6, 6.07) is 0. The van der Waals surface area contributed by atoms with Crippen LogP contribution in [0.4, 0.5) is 0 Å². The fourth-order valence-corrected chi connectivity index (χ4v) is 9.35. The molecule has 5 aliphatic carbocycles. The zero-order valence-corrected chi connectivity index (χ0v) is 18.2. The Morgan fingerprint density at radius 1 is 0.897 bits per heavy atom. The molecule has 4 heteroatoms. The molecule has 7 aliphatic rings. The lowest BCUT2D eigenvalue weighted by atomic mass is 9.54. The molecule has 2 aliphatic heterocycles. The van der Waals surface area contributed by atoms with E-state index in [1.165, 1.54) is 57.8 Å². The molecule has 2 heterocycles. The first-order chi connectivity index (χ1) is 14.1. The van der Waals surface area contributed by atoms with Gasteiger partial charge in [-0.25, -0.2) is 0 Å². The minimum Gasteiger partial charge on any atom is -0.438 e. The molecule has 7 fully saturated rings. The van der Waals surface area contributed by atoms with Gasteiger partial charge in [-0.15, -0.1) is 0 Å². The topological polar surface area (TPSA) is 44.8 Å². The van der Waals surface area contributed by atoms with Crippen LogP contribution >= 0.6 is 0 Å². The highest BCUT2D eigenvalue weighted by Gasteiger charge is 2.62. The van der Waals surface area contributed by atoms with Gasteiger partial charge in [0.25, 0.3) is 0 Å². The smallest absolute Gasteiger partial charge is 0.313 e. The molecular weight excluding hydrogens is 364 g/mol. The first-order valence-electron chi connectivity index (χ1n) is 12.5. The zero-order chi connectivity index (χ0) is 19.8. The quantitative estimate of drug-likeness (QED) is 0.466. The summed E-state index contributed by atoms with van der Waals surface area (Å²) < 4.78 is 18.5. The van der Waals surface area contributed by atoms with E-state index in [0.29, 0.717) is 11.8 Å². The number of carbonyl (C=O) groups is 1. The van der Waals surface area contributed by atoms with E-state index in [0.717, 1.165) is 36.0 Å². The van der Waals surface area contributed by atoms with Gasteiger partial charge in [-0.05, 0) is 92.8 Å². The number of ether oxygens (including phenoxy) is 3. The lowest BCUT2D eigenvalue weighted by molar-refractivity contribution is -0.213. The molecule has 0 amide bonds. The average Bonchev–Trinajstić information content (AvgIpc) is 3.37. The third kappa shape index (κ3) is 2.95. The molecule has 7 unspecified atom stereocenters. The van der Waals surface area contributed by atoms with Crippen LogP contribution in [-0.4, -0.2) is 30.6 Å². The lowest BCUT2D eigenvalue weighted by Gasteiger charge is -2.56. The van der Waals surface area contributed by atoms with Crippen molar-refractivity contribution in [3.05, 3.63) is 0 Å². The van der Waals surface area contributed by atoms with Crippen molar-refractivity contribution < 1.29 is 19.0 Å². The van der Waals surface area contributed by atoms with Gasteiger partial charge in [0.05, 0.1) is 23.7 Å². The number of carbonyl (C=O) groups excluding carboxylic acids is 1. The van der Waals surface area contributed by atoms with E-state index < -0.39 is 0 Å². The van der Waals surface area contributed by atoms with E-state index in [1.807, 2.05) is 0 Å². The molecule has 0 aromatic heterocycles. The SMILES string of the molecule is CCC1CC(CC)C2C3OC(CC3C(=O)OCOC34CC5CC(CC(C5)C3)C4)C12. The highest BCUT2D eigenvalue weighted by atomic mass is 16.7. The summed E-state index contributed by atoms with van der Waals surface area (Å²) >= 11 is 0. The Morgan fingerprint density at radius 2 is 1.52 bits per heavy atom. The minimum atomic E-state index is -0.0640. The summed E-state index contributed by atoms with van der Waals surface area (Å²) in [5.41, 5.74) is 0.0123. The summed E-state index contributed by atoms with van der Waals surface area (Å²) in [4.78, 5) is 13.0. The van der Waals surface area contributed by atoms with Gasteiger partial charge < -0.3 is 14.2 Å². The Labute approximate surface area is 175 Å². The molecule has 29 heavy (non-hydrogen) atoms. The second kappa shape index (κ2) is 6.95. The number of esters is 1. The van der Waals surface area contributed by atoms with Gasteiger partial charge in [0.15, 0.2) is 6.79 Å². The predicted molar refractivity (Wildman–Crippen MR) is 109 cm³/mol. The van der Waals surface area contributed by atoms with Crippen molar-refractivity contribution in [3.8, 4) is 0 Å². The maximum absolute atomic E-state index is 13.0. The van der Waals surface area contributed by atoms with Crippen molar-refractivity contribution in [2.24, 2.45) is 47.3 Å². The third-order valence-corrected chi connectivity index (χ3v) is 10.1. The Hall–Kier alpha value is -0.610. The summed E-state index contributed by atoms with van der Waals surface area (Å²) in [6.45, 7) is 4.78.